The van der Waals surface area contributed by atoms with E-state index in [1.54, 1.807) is 6.92 Å². The molecule has 1 heterocycles. The molecule has 1 aromatic heterocycles. The van der Waals surface area contributed by atoms with E-state index in [4.69, 9.17) is 4.52 Å². The normalized spacial score (nSPS) is 14.1. The van der Waals surface area contributed by atoms with Crippen LogP contribution >= 0.6 is 7.52 Å². The van der Waals surface area contributed by atoms with Gasteiger partial charge in [-0.15, -0.1) is 0 Å². The molecule has 2 rings (SSSR count). The van der Waals surface area contributed by atoms with Crippen LogP contribution in [0.3, 0.4) is 0 Å². The molecular formula is C14H20FN6O4P. The Morgan fingerprint density at radius 2 is 2.19 bits per heavy atom. The number of aliphatic imine (C=N–C) groups is 1. The molecule has 26 heavy (non-hydrogen) atoms. The highest BCUT2D eigenvalue weighted by molar-refractivity contribution is 7.56. The van der Waals surface area contributed by atoms with E-state index in [0.29, 0.717) is 24.3 Å². The lowest BCUT2D eigenvalue weighted by atomic mass is 10.2. The predicted octanol–water partition coefficient (Wildman–Crippen LogP) is 2.05. The van der Waals surface area contributed by atoms with Crippen molar-refractivity contribution < 1.29 is 23.3 Å². The van der Waals surface area contributed by atoms with Crippen LogP contribution in [0.2, 0.25) is 0 Å². The summed E-state index contributed by atoms with van der Waals surface area (Å²) < 4.78 is 34.6. The van der Waals surface area contributed by atoms with E-state index in [2.05, 4.69) is 30.3 Å². The number of rotatable bonds is 8. The molecule has 0 saturated heterocycles. The zero-order valence-corrected chi connectivity index (χ0v) is 15.4. The highest BCUT2D eigenvalue weighted by Gasteiger charge is 2.17. The minimum Gasteiger partial charge on any atom is -0.364 e. The van der Waals surface area contributed by atoms with Crippen LogP contribution < -0.4 is 15.9 Å². The highest BCUT2D eigenvalue weighted by Crippen LogP contribution is 2.35. The van der Waals surface area contributed by atoms with Gasteiger partial charge >= 0.3 is 0 Å². The van der Waals surface area contributed by atoms with E-state index in [1.165, 1.54) is 32.0 Å². The van der Waals surface area contributed by atoms with Crippen LogP contribution in [-0.4, -0.2) is 48.2 Å². The zero-order chi connectivity index (χ0) is 19.2. The number of hydrogen-bond donors (Lipinski definition) is 4. The molecule has 0 saturated carbocycles. The summed E-state index contributed by atoms with van der Waals surface area (Å²) in [6, 6.07) is 4.24. The van der Waals surface area contributed by atoms with Crippen LogP contribution in [0.4, 0.5) is 15.9 Å². The van der Waals surface area contributed by atoms with Gasteiger partial charge < -0.3 is 9.84 Å². The summed E-state index contributed by atoms with van der Waals surface area (Å²) in [4.78, 5) is 4.17. The Morgan fingerprint density at radius 1 is 1.42 bits per heavy atom. The Balaban J connectivity index is 2.10. The van der Waals surface area contributed by atoms with Gasteiger partial charge in [-0.25, -0.2) is 19.1 Å². The molecule has 12 heteroatoms. The number of aryl methyl sites for hydroxylation is 1. The molecule has 0 bridgehead atoms. The predicted molar refractivity (Wildman–Crippen MR) is 93.6 cm³/mol. The van der Waals surface area contributed by atoms with Gasteiger partial charge in [0.2, 0.25) is 5.82 Å². The minimum absolute atomic E-state index is 0.0363. The van der Waals surface area contributed by atoms with Gasteiger partial charge in [0.1, 0.15) is 5.82 Å². The zero-order valence-electron chi connectivity index (χ0n) is 14.5. The van der Waals surface area contributed by atoms with Gasteiger partial charge in [0.25, 0.3) is 7.52 Å². The first-order valence-corrected chi connectivity index (χ1v) is 9.63. The van der Waals surface area contributed by atoms with Crippen LogP contribution in [0.25, 0.3) is 0 Å². The van der Waals surface area contributed by atoms with E-state index >= 15 is 0 Å². The van der Waals surface area contributed by atoms with Crippen molar-refractivity contribution in [3.05, 3.63) is 35.3 Å². The van der Waals surface area contributed by atoms with Crippen LogP contribution in [-0.2, 0) is 9.09 Å². The molecule has 0 aliphatic carbocycles. The van der Waals surface area contributed by atoms with Gasteiger partial charge in [0.05, 0.1) is 5.69 Å². The molecule has 0 aliphatic rings. The van der Waals surface area contributed by atoms with E-state index in [1.807, 2.05) is 5.48 Å². The second kappa shape index (κ2) is 8.86. The summed E-state index contributed by atoms with van der Waals surface area (Å²) >= 11 is 0. The van der Waals surface area contributed by atoms with Crippen molar-refractivity contribution in [2.24, 2.45) is 4.99 Å². The standard InChI is InChI=1S/C14H20FN6O4P/c1-9-8-10(4-5-11(9)15)18-14(19-22)12-13(21-25-20-12)16-6-7-17-26(3,23)24-2/h4-5,8,22H,6-7H2,1-3H3,(H,16,21)(H,17,23)(H,18,19). The summed E-state index contributed by atoms with van der Waals surface area (Å²) in [7, 11) is -1.47. The average Bonchev–Trinajstić information content (AvgIpc) is 3.08. The van der Waals surface area contributed by atoms with Gasteiger partial charge in [0, 0.05) is 26.9 Å². The maximum atomic E-state index is 13.3. The maximum Gasteiger partial charge on any atom is 0.266 e. The Labute approximate surface area is 149 Å². The SMILES string of the molecule is COP(C)(=O)NCCNc1nonc1C(=Nc1ccc(F)c(C)c1)NO. The Morgan fingerprint density at radius 3 is 2.85 bits per heavy atom. The molecular weight excluding hydrogens is 366 g/mol. The molecule has 0 radical (unpaired) electrons. The van der Waals surface area contributed by atoms with Crippen molar-refractivity contribution in [3.8, 4) is 0 Å². The lowest BCUT2D eigenvalue weighted by molar-refractivity contribution is 0.234. The number of amidine groups is 1. The molecule has 0 amide bonds. The Bertz CT molecular complexity index is 828. The average molecular weight is 386 g/mol. The summed E-state index contributed by atoms with van der Waals surface area (Å²) in [5.41, 5.74) is 2.87. The van der Waals surface area contributed by atoms with E-state index in [9.17, 15) is 14.2 Å². The van der Waals surface area contributed by atoms with Crippen molar-refractivity contribution in [2.75, 3.05) is 32.2 Å². The van der Waals surface area contributed by atoms with E-state index in [0.717, 1.165) is 0 Å². The molecule has 0 spiro atoms. The number of anilines is 1. The van der Waals surface area contributed by atoms with Gasteiger partial charge in [-0.3, -0.25) is 15.3 Å². The molecule has 1 aromatic carbocycles. The van der Waals surface area contributed by atoms with Crippen LogP contribution in [0.1, 0.15) is 11.3 Å². The number of aromatic nitrogens is 2. The topological polar surface area (TPSA) is 134 Å². The summed E-state index contributed by atoms with van der Waals surface area (Å²) in [5.74, 6) is -0.176. The number of benzene rings is 1. The molecule has 0 fully saturated rings. The van der Waals surface area contributed by atoms with E-state index < -0.39 is 7.52 Å². The largest absolute Gasteiger partial charge is 0.364 e. The minimum atomic E-state index is -2.83. The number of hydroxylamine groups is 1. The third-order valence-corrected chi connectivity index (χ3v) is 4.86. The fourth-order valence-corrected chi connectivity index (χ4v) is 2.57. The fourth-order valence-electron chi connectivity index (χ4n) is 1.92. The summed E-state index contributed by atoms with van der Waals surface area (Å²) in [6.45, 7) is 3.71. The Hall–Kier alpha value is -2.33. The third kappa shape index (κ3) is 5.33. The first-order chi connectivity index (χ1) is 12.4. The number of nitrogens with one attached hydrogen (secondary N) is 3. The van der Waals surface area contributed by atoms with Crippen molar-refractivity contribution in [2.45, 2.75) is 6.92 Å². The van der Waals surface area contributed by atoms with Crippen molar-refractivity contribution in [1.82, 2.24) is 20.9 Å². The van der Waals surface area contributed by atoms with Gasteiger partial charge in [-0.05, 0) is 41.0 Å². The molecule has 1 atom stereocenters. The first-order valence-electron chi connectivity index (χ1n) is 7.56. The number of nitrogens with zero attached hydrogens (tertiary/aromatic N) is 3. The van der Waals surface area contributed by atoms with Gasteiger partial charge in [0.15, 0.2) is 11.5 Å². The molecule has 142 valence electrons. The molecule has 4 N–H and O–H groups in total. The molecule has 1 unspecified atom stereocenters. The van der Waals surface area contributed by atoms with Crippen molar-refractivity contribution in [3.63, 3.8) is 0 Å². The van der Waals surface area contributed by atoms with Crippen LogP contribution in [0, 0.1) is 12.7 Å². The van der Waals surface area contributed by atoms with Gasteiger partial charge in [-0.1, -0.05) is 0 Å². The Kier molecular flexibility index (Phi) is 6.81. The molecule has 0 aliphatic heterocycles. The van der Waals surface area contributed by atoms with Crippen molar-refractivity contribution >= 4 is 24.9 Å². The monoisotopic (exact) mass is 386 g/mol. The summed E-state index contributed by atoms with van der Waals surface area (Å²) in [6.07, 6.45) is 0. The second-order valence-corrected chi connectivity index (χ2v) is 7.70. The van der Waals surface area contributed by atoms with Crippen LogP contribution in [0.5, 0.6) is 0 Å². The fraction of sp³-hybridized carbons (Fsp3) is 0.357. The lowest BCUT2D eigenvalue weighted by Gasteiger charge is -2.12. The van der Waals surface area contributed by atoms with Gasteiger partial charge in [-0.2, -0.15) is 0 Å². The van der Waals surface area contributed by atoms with Crippen LogP contribution in [0.15, 0.2) is 27.8 Å². The van der Waals surface area contributed by atoms with Crippen molar-refractivity contribution in [1.29, 1.82) is 0 Å². The number of halogens is 1. The third-order valence-electron chi connectivity index (χ3n) is 3.37. The summed E-state index contributed by atoms with van der Waals surface area (Å²) in [5, 5.41) is 22.4. The highest BCUT2D eigenvalue weighted by atomic mass is 31.2. The molecule has 2 aromatic rings. The lowest BCUT2D eigenvalue weighted by Crippen LogP contribution is -2.24. The second-order valence-electron chi connectivity index (χ2n) is 5.33. The molecule has 10 nitrogen and oxygen atoms in total. The van der Waals surface area contributed by atoms with E-state index in [-0.39, 0.29) is 23.2 Å². The first kappa shape index (κ1) is 20.0. The number of hydrogen-bond acceptors (Lipinski definition) is 8. The maximum absolute atomic E-state index is 13.3. The smallest absolute Gasteiger partial charge is 0.266 e. The quantitative estimate of drug-likeness (QED) is 0.177.